The van der Waals surface area contributed by atoms with E-state index in [0.717, 1.165) is 42.3 Å². The van der Waals surface area contributed by atoms with E-state index in [4.69, 9.17) is 0 Å². The summed E-state index contributed by atoms with van der Waals surface area (Å²) in [5, 5.41) is 3.80. The Balaban J connectivity index is 2.13. The lowest BCUT2D eigenvalue weighted by atomic mass is 9.74. The number of nitrogens with one attached hydrogen (secondary N) is 1. The Labute approximate surface area is 133 Å². The van der Waals surface area contributed by atoms with E-state index in [1.165, 1.54) is 32.2 Å². The summed E-state index contributed by atoms with van der Waals surface area (Å²) in [5.41, 5.74) is 0. The Morgan fingerprint density at radius 1 is 1.10 bits per heavy atom. The van der Waals surface area contributed by atoms with E-state index >= 15 is 0 Å². The van der Waals surface area contributed by atoms with Crippen LogP contribution in [-0.2, 0) is 0 Å². The zero-order valence-corrected chi connectivity index (χ0v) is 15.2. The van der Waals surface area contributed by atoms with Crippen molar-refractivity contribution in [2.75, 3.05) is 13.1 Å². The van der Waals surface area contributed by atoms with Gasteiger partial charge in [0, 0.05) is 24.7 Å². The molecule has 1 N–H and O–H groups in total. The molecule has 2 heteroatoms. The fraction of sp³-hybridized carbons (Fsp3) is 1.00. The van der Waals surface area contributed by atoms with E-state index in [0.29, 0.717) is 6.04 Å². The summed E-state index contributed by atoms with van der Waals surface area (Å²) in [4.78, 5) is 2.88. The van der Waals surface area contributed by atoms with Gasteiger partial charge in [0.05, 0.1) is 0 Å². The Kier molecular flexibility index (Phi) is 6.14. The van der Waals surface area contributed by atoms with Gasteiger partial charge >= 0.3 is 0 Å². The number of piperidine rings is 1. The number of nitrogens with zero attached hydrogens (tertiary/aromatic N) is 1. The van der Waals surface area contributed by atoms with Gasteiger partial charge in [0.1, 0.15) is 0 Å². The maximum Gasteiger partial charge on any atom is 0.0255 e. The molecule has 0 spiro atoms. The number of rotatable bonds is 4. The van der Waals surface area contributed by atoms with Crippen LogP contribution >= 0.6 is 0 Å². The highest BCUT2D eigenvalue weighted by molar-refractivity contribution is 4.96. The second-order valence-corrected chi connectivity index (χ2v) is 8.30. The third-order valence-corrected chi connectivity index (χ3v) is 6.34. The molecule has 0 amide bonds. The molecule has 6 unspecified atom stereocenters. The van der Waals surface area contributed by atoms with Crippen LogP contribution in [0.4, 0.5) is 0 Å². The largest absolute Gasteiger partial charge is 0.313 e. The molecule has 0 aromatic heterocycles. The van der Waals surface area contributed by atoms with Gasteiger partial charge in [-0.05, 0) is 62.8 Å². The Bertz CT molecular complexity index is 315. The maximum atomic E-state index is 3.80. The van der Waals surface area contributed by atoms with Crippen molar-refractivity contribution in [3.05, 3.63) is 0 Å². The second kappa shape index (κ2) is 7.46. The molecule has 2 aliphatic rings. The van der Waals surface area contributed by atoms with Crippen LogP contribution < -0.4 is 5.32 Å². The highest BCUT2D eigenvalue weighted by Gasteiger charge is 2.40. The minimum Gasteiger partial charge on any atom is -0.313 e. The van der Waals surface area contributed by atoms with Gasteiger partial charge in [-0.15, -0.1) is 0 Å². The smallest absolute Gasteiger partial charge is 0.0255 e. The summed E-state index contributed by atoms with van der Waals surface area (Å²) >= 11 is 0. The van der Waals surface area contributed by atoms with E-state index in [9.17, 15) is 0 Å². The van der Waals surface area contributed by atoms with Crippen molar-refractivity contribution < 1.29 is 0 Å². The van der Waals surface area contributed by atoms with Gasteiger partial charge in [-0.2, -0.15) is 0 Å². The molecule has 0 aromatic rings. The van der Waals surface area contributed by atoms with E-state index in [-0.39, 0.29) is 0 Å². The van der Waals surface area contributed by atoms with Gasteiger partial charge in [0.2, 0.25) is 0 Å². The van der Waals surface area contributed by atoms with Gasteiger partial charge in [-0.3, -0.25) is 4.90 Å². The number of likely N-dealkylation sites (tertiary alicyclic amines) is 1. The van der Waals surface area contributed by atoms with Crippen LogP contribution in [0.2, 0.25) is 0 Å². The molecule has 1 aliphatic carbocycles. The first-order valence-electron chi connectivity index (χ1n) is 9.43. The van der Waals surface area contributed by atoms with Crippen molar-refractivity contribution in [2.45, 2.75) is 85.4 Å². The molecule has 21 heavy (non-hydrogen) atoms. The van der Waals surface area contributed by atoms with Crippen LogP contribution in [0, 0.1) is 23.7 Å². The molecule has 2 rings (SSSR count). The van der Waals surface area contributed by atoms with Gasteiger partial charge in [-0.25, -0.2) is 0 Å². The molecular weight excluding hydrogens is 256 g/mol. The maximum absolute atomic E-state index is 3.80. The summed E-state index contributed by atoms with van der Waals surface area (Å²) in [5.74, 6) is 3.46. The molecule has 2 nitrogen and oxygen atoms in total. The predicted molar refractivity (Wildman–Crippen MR) is 92.5 cm³/mol. The average Bonchev–Trinajstić information content (AvgIpc) is 2.43. The zero-order valence-electron chi connectivity index (χ0n) is 15.2. The Morgan fingerprint density at radius 2 is 1.81 bits per heavy atom. The molecule has 124 valence electrons. The van der Waals surface area contributed by atoms with Crippen molar-refractivity contribution >= 4 is 0 Å². The summed E-state index contributed by atoms with van der Waals surface area (Å²) in [6.45, 7) is 16.9. The van der Waals surface area contributed by atoms with Crippen LogP contribution in [0.5, 0.6) is 0 Å². The van der Waals surface area contributed by atoms with E-state index in [1.807, 2.05) is 0 Å². The van der Waals surface area contributed by atoms with E-state index < -0.39 is 0 Å². The normalized spacial score (nSPS) is 42.4. The summed E-state index contributed by atoms with van der Waals surface area (Å²) in [6, 6.07) is 2.22. The zero-order chi connectivity index (χ0) is 15.6. The van der Waals surface area contributed by atoms with Crippen LogP contribution in [0.3, 0.4) is 0 Å². The molecule has 6 atom stereocenters. The van der Waals surface area contributed by atoms with Gasteiger partial charge in [0.25, 0.3) is 0 Å². The first kappa shape index (κ1) is 17.3. The monoisotopic (exact) mass is 294 g/mol. The summed E-state index contributed by atoms with van der Waals surface area (Å²) in [7, 11) is 0. The SMILES string of the molecule is CCNC1CCC(C(C)C)CC1N1CC(C)CC(C)C1C. The predicted octanol–water partition coefficient (Wildman–Crippen LogP) is 4.16. The van der Waals surface area contributed by atoms with Gasteiger partial charge in [0.15, 0.2) is 0 Å². The molecule has 2 fully saturated rings. The van der Waals surface area contributed by atoms with Crippen LogP contribution in [0.25, 0.3) is 0 Å². The van der Waals surface area contributed by atoms with Gasteiger partial charge < -0.3 is 5.32 Å². The molecule has 0 bridgehead atoms. The second-order valence-electron chi connectivity index (χ2n) is 8.30. The van der Waals surface area contributed by atoms with Crippen LogP contribution in [-0.4, -0.2) is 36.1 Å². The fourth-order valence-electron chi connectivity index (χ4n) is 4.85. The molecule has 0 radical (unpaired) electrons. The third kappa shape index (κ3) is 4.01. The van der Waals surface area contributed by atoms with Gasteiger partial charge in [-0.1, -0.05) is 34.6 Å². The lowest BCUT2D eigenvalue weighted by Gasteiger charge is -2.51. The Morgan fingerprint density at radius 3 is 2.43 bits per heavy atom. The minimum absolute atomic E-state index is 0.713. The molecule has 1 aliphatic heterocycles. The number of likely N-dealkylation sites (N-methyl/N-ethyl adjacent to an activating group) is 1. The van der Waals surface area contributed by atoms with Crippen molar-refractivity contribution in [2.24, 2.45) is 23.7 Å². The highest BCUT2D eigenvalue weighted by Crippen LogP contribution is 2.37. The summed E-state index contributed by atoms with van der Waals surface area (Å²) < 4.78 is 0. The molecule has 1 saturated carbocycles. The molecule has 0 aromatic carbocycles. The first-order valence-corrected chi connectivity index (χ1v) is 9.43. The van der Waals surface area contributed by atoms with Crippen LogP contribution in [0.1, 0.15) is 67.2 Å². The number of hydrogen-bond acceptors (Lipinski definition) is 2. The van der Waals surface area contributed by atoms with Crippen molar-refractivity contribution in [3.8, 4) is 0 Å². The van der Waals surface area contributed by atoms with Crippen molar-refractivity contribution in [1.82, 2.24) is 10.2 Å². The van der Waals surface area contributed by atoms with E-state index in [2.05, 4.69) is 51.8 Å². The molecule has 1 heterocycles. The highest BCUT2D eigenvalue weighted by atomic mass is 15.2. The topological polar surface area (TPSA) is 15.3 Å². The number of hydrogen-bond donors (Lipinski definition) is 1. The Hall–Kier alpha value is -0.0800. The van der Waals surface area contributed by atoms with E-state index in [1.54, 1.807) is 0 Å². The van der Waals surface area contributed by atoms with Crippen molar-refractivity contribution in [3.63, 3.8) is 0 Å². The third-order valence-electron chi connectivity index (χ3n) is 6.34. The summed E-state index contributed by atoms with van der Waals surface area (Å²) in [6.07, 6.45) is 5.59. The fourth-order valence-corrected chi connectivity index (χ4v) is 4.85. The van der Waals surface area contributed by atoms with Crippen LogP contribution in [0.15, 0.2) is 0 Å². The van der Waals surface area contributed by atoms with Crippen molar-refractivity contribution in [1.29, 1.82) is 0 Å². The first-order chi connectivity index (χ1) is 9.93. The average molecular weight is 295 g/mol. The molecular formula is C19H38N2. The quantitative estimate of drug-likeness (QED) is 0.837. The molecule has 1 saturated heterocycles. The minimum atomic E-state index is 0.713. The lowest BCUT2D eigenvalue weighted by molar-refractivity contribution is -0.00352. The lowest BCUT2D eigenvalue weighted by Crippen LogP contribution is -2.59. The standard InChI is InChI=1S/C19H38N2/c1-7-20-18-9-8-17(13(2)3)11-19(18)21-12-14(4)10-15(5)16(21)6/h13-20H,7-12H2,1-6H3.